The lowest BCUT2D eigenvalue weighted by molar-refractivity contribution is 2.02. The molecule has 0 amide bonds. The Bertz CT molecular complexity index is 136. The number of allylic oxidation sites excluding steroid dienone is 3. The summed E-state index contributed by atoms with van der Waals surface area (Å²) >= 11 is 0. The van der Waals surface area contributed by atoms with Crippen LogP contribution in [0.4, 0.5) is 0 Å². The van der Waals surface area contributed by atoms with Crippen molar-refractivity contribution in [3.8, 4) is 0 Å². The van der Waals surface area contributed by atoms with E-state index in [-0.39, 0.29) is 0 Å². The van der Waals surface area contributed by atoms with Crippen molar-refractivity contribution in [1.82, 2.24) is 0 Å². The molecule has 1 aliphatic carbocycles. The van der Waals surface area contributed by atoms with E-state index in [2.05, 4.69) is 16.0 Å². The van der Waals surface area contributed by atoms with Gasteiger partial charge in [0.05, 0.1) is 10.2 Å². The van der Waals surface area contributed by atoms with E-state index >= 15 is 0 Å². The van der Waals surface area contributed by atoms with Gasteiger partial charge >= 0.3 is 0 Å². The molecule has 3 radical (unpaired) electrons. The Hall–Kier alpha value is -0.523. The third-order valence-corrected chi connectivity index (χ3v) is 0.909. The molecule has 1 heteroatoms. The Labute approximate surface area is 40.3 Å². The lowest BCUT2D eigenvalue weighted by Crippen LogP contribution is -1.61. The normalized spacial score (nSPS) is 15.8. The average molecular weight is 91.2 g/mol. The molecule has 0 bridgehead atoms. The van der Waals surface area contributed by atoms with Crippen molar-refractivity contribution in [2.24, 2.45) is 0 Å². The summed E-state index contributed by atoms with van der Waals surface area (Å²) in [6.07, 6.45) is 5.74. The third-order valence-electron chi connectivity index (χ3n) is 0.598. The standard InChI is InChI=1S/C5H3Si/c6-5-3-1-2-4-5/h1-3H. The molecule has 0 fully saturated rings. The Morgan fingerprint density at radius 3 is 2.67 bits per heavy atom. The molecule has 1 aliphatic rings. The van der Waals surface area contributed by atoms with Crippen molar-refractivity contribution in [2.45, 2.75) is 0 Å². The van der Waals surface area contributed by atoms with Gasteiger partial charge in [-0.2, -0.15) is 0 Å². The molecule has 0 N–H and O–H groups in total. The molecule has 1 rings (SSSR count). The van der Waals surface area contributed by atoms with E-state index in [0.29, 0.717) is 0 Å². The molecular weight excluding hydrogens is 88.1 g/mol. The first kappa shape index (κ1) is 3.66. The predicted octanol–water partition coefficient (Wildman–Crippen LogP) is 0.764. The van der Waals surface area contributed by atoms with Crippen LogP contribution in [0.3, 0.4) is 0 Å². The number of rotatable bonds is 0. The van der Waals surface area contributed by atoms with Gasteiger partial charge in [-0.15, -0.1) is 5.73 Å². The zero-order valence-electron chi connectivity index (χ0n) is 3.23. The van der Waals surface area contributed by atoms with Crippen LogP contribution in [0.25, 0.3) is 0 Å². The highest BCUT2D eigenvalue weighted by Gasteiger charge is 1.77. The molecular formula is C5H3Si. The van der Waals surface area contributed by atoms with E-state index in [1.54, 1.807) is 0 Å². The largest absolute Gasteiger partial charge is 0.123 e. The van der Waals surface area contributed by atoms with Crippen LogP contribution in [-0.4, -0.2) is 10.2 Å². The van der Waals surface area contributed by atoms with E-state index in [1.165, 1.54) is 0 Å². The van der Waals surface area contributed by atoms with Gasteiger partial charge in [0.25, 0.3) is 0 Å². The first-order valence-electron chi connectivity index (χ1n) is 1.74. The van der Waals surface area contributed by atoms with E-state index in [1.807, 2.05) is 18.2 Å². The fourth-order valence-corrected chi connectivity index (χ4v) is 0.510. The predicted molar refractivity (Wildman–Crippen MR) is 26.5 cm³/mol. The van der Waals surface area contributed by atoms with Crippen LogP contribution >= 0.6 is 0 Å². The molecule has 0 saturated carbocycles. The Kier molecular flexibility index (Phi) is 0.787. The van der Waals surface area contributed by atoms with Crippen molar-refractivity contribution < 1.29 is 0 Å². The summed E-state index contributed by atoms with van der Waals surface area (Å²) in [6, 6.07) is 0. The molecule has 0 saturated heterocycles. The van der Waals surface area contributed by atoms with Gasteiger partial charge in [0.1, 0.15) is 0 Å². The van der Waals surface area contributed by atoms with E-state index < -0.39 is 0 Å². The summed E-state index contributed by atoms with van der Waals surface area (Å²) in [5, 5.41) is 1.02. The minimum Gasteiger partial charge on any atom is -0.123 e. The zero-order chi connectivity index (χ0) is 4.41. The molecule has 0 spiro atoms. The van der Waals surface area contributed by atoms with Crippen LogP contribution in [-0.2, 0) is 0 Å². The molecule has 6 heavy (non-hydrogen) atoms. The average Bonchev–Trinajstić information content (AvgIpc) is 1.86. The second-order valence-corrected chi connectivity index (χ2v) is 1.62. The molecule has 0 aromatic rings. The molecule has 0 aromatic heterocycles. The van der Waals surface area contributed by atoms with Gasteiger partial charge in [0, 0.05) is 0 Å². The van der Waals surface area contributed by atoms with Crippen LogP contribution < -0.4 is 0 Å². The molecule has 0 aromatic carbocycles. The maximum atomic E-state index is 3.27. The van der Waals surface area contributed by atoms with Crippen LogP contribution in [0.5, 0.6) is 0 Å². The Morgan fingerprint density at radius 1 is 1.67 bits per heavy atom. The van der Waals surface area contributed by atoms with Crippen LogP contribution in [0, 0.1) is 0 Å². The lowest BCUT2D eigenvalue weighted by Gasteiger charge is -1.68. The minimum atomic E-state index is 1.02. The summed E-state index contributed by atoms with van der Waals surface area (Å²) in [5.74, 6) is 0. The summed E-state index contributed by atoms with van der Waals surface area (Å²) in [5.41, 5.74) is 2.91. The highest BCUT2D eigenvalue weighted by atomic mass is 28.1. The highest BCUT2D eigenvalue weighted by molar-refractivity contribution is 6.23. The Balaban J connectivity index is 2.98. The van der Waals surface area contributed by atoms with E-state index in [9.17, 15) is 0 Å². The van der Waals surface area contributed by atoms with Crippen molar-refractivity contribution in [3.05, 3.63) is 29.2 Å². The Morgan fingerprint density at radius 2 is 2.50 bits per heavy atom. The van der Waals surface area contributed by atoms with Crippen LogP contribution in [0.2, 0.25) is 0 Å². The molecule has 0 nitrogen and oxygen atoms in total. The zero-order valence-corrected chi connectivity index (χ0v) is 4.23. The smallest absolute Gasteiger partial charge is 0.0830 e. The quantitative estimate of drug-likeness (QED) is 0.305. The monoisotopic (exact) mass is 91.0 g/mol. The number of hydrogen-bond acceptors (Lipinski definition) is 0. The van der Waals surface area contributed by atoms with Crippen molar-refractivity contribution in [2.75, 3.05) is 0 Å². The second kappa shape index (κ2) is 1.29. The van der Waals surface area contributed by atoms with Gasteiger partial charge < -0.3 is 0 Å². The SMILES string of the molecule is [Si]C1=C=CC=C1. The van der Waals surface area contributed by atoms with Crippen LogP contribution in [0.1, 0.15) is 0 Å². The second-order valence-electron chi connectivity index (χ2n) is 1.08. The molecule has 0 heterocycles. The summed E-state index contributed by atoms with van der Waals surface area (Å²) in [7, 11) is 3.27. The molecule has 0 aliphatic heterocycles. The minimum absolute atomic E-state index is 1.02. The maximum Gasteiger partial charge on any atom is 0.0830 e. The fourth-order valence-electron chi connectivity index (χ4n) is 0.330. The number of hydrogen-bond donors (Lipinski definition) is 0. The van der Waals surface area contributed by atoms with E-state index in [0.717, 1.165) is 5.20 Å². The van der Waals surface area contributed by atoms with Gasteiger partial charge in [-0.25, -0.2) is 0 Å². The van der Waals surface area contributed by atoms with Crippen molar-refractivity contribution >= 4 is 10.2 Å². The van der Waals surface area contributed by atoms with Gasteiger partial charge in [-0.3, -0.25) is 0 Å². The molecule has 0 unspecified atom stereocenters. The maximum absolute atomic E-state index is 3.27. The topological polar surface area (TPSA) is 0 Å². The molecule has 27 valence electrons. The van der Waals surface area contributed by atoms with E-state index in [4.69, 9.17) is 0 Å². The highest BCUT2D eigenvalue weighted by Crippen LogP contribution is 1.92. The third kappa shape index (κ3) is 0.508. The fraction of sp³-hybridized carbons (Fsp3) is 0. The van der Waals surface area contributed by atoms with Crippen LogP contribution in [0.15, 0.2) is 29.2 Å². The lowest BCUT2D eigenvalue weighted by atomic mass is 10.6. The van der Waals surface area contributed by atoms with Gasteiger partial charge in [0.2, 0.25) is 0 Å². The summed E-state index contributed by atoms with van der Waals surface area (Å²) < 4.78 is 0. The van der Waals surface area contributed by atoms with Gasteiger partial charge in [0.15, 0.2) is 0 Å². The molecule has 0 atom stereocenters. The van der Waals surface area contributed by atoms with Crippen molar-refractivity contribution in [1.29, 1.82) is 0 Å². The first-order chi connectivity index (χ1) is 2.89. The van der Waals surface area contributed by atoms with Crippen molar-refractivity contribution in [3.63, 3.8) is 0 Å². The first-order valence-corrected chi connectivity index (χ1v) is 2.24. The van der Waals surface area contributed by atoms with Gasteiger partial charge in [-0.05, 0) is 11.3 Å². The summed E-state index contributed by atoms with van der Waals surface area (Å²) in [6.45, 7) is 0. The van der Waals surface area contributed by atoms with Gasteiger partial charge in [-0.1, -0.05) is 12.2 Å². The summed E-state index contributed by atoms with van der Waals surface area (Å²) in [4.78, 5) is 0.